The highest BCUT2D eigenvalue weighted by Gasteiger charge is 2.21. The summed E-state index contributed by atoms with van der Waals surface area (Å²) in [5.74, 6) is 0.904. The number of methoxy groups -OCH3 is 2. The minimum Gasteiger partial charge on any atom is -0.497 e. The van der Waals surface area contributed by atoms with Gasteiger partial charge in [0.15, 0.2) is 0 Å². The average Bonchev–Trinajstić information content (AvgIpc) is 2.54. The lowest BCUT2D eigenvalue weighted by Crippen LogP contribution is -2.14. The summed E-state index contributed by atoms with van der Waals surface area (Å²) in [6.45, 7) is 0. The van der Waals surface area contributed by atoms with Crippen molar-refractivity contribution in [3.05, 3.63) is 41.4 Å². The van der Waals surface area contributed by atoms with Gasteiger partial charge < -0.3 is 9.47 Å². The fraction of sp³-hybridized carbons (Fsp3) is 0.200. The van der Waals surface area contributed by atoms with E-state index in [2.05, 4.69) is 4.72 Å². The van der Waals surface area contributed by atoms with Crippen LogP contribution in [0.1, 0.15) is 0 Å². The van der Waals surface area contributed by atoms with Crippen LogP contribution < -0.4 is 14.2 Å². The van der Waals surface area contributed by atoms with Crippen LogP contribution in [-0.4, -0.2) is 28.9 Å². The Morgan fingerprint density at radius 3 is 2.43 bits per heavy atom. The molecular weight excluding hydrogens is 358 g/mol. The number of hydrogen-bond donors (Lipinski definition) is 1. The Labute approximate surface area is 145 Å². The molecule has 2 rings (SSSR count). The van der Waals surface area contributed by atoms with Gasteiger partial charge in [-0.05, 0) is 36.6 Å². The molecule has 0 atom stereocenters. The second-order valence-corrected chi connectivity index (χ2v) is 7.40. The number of benzene rings is 2. The van der Waals surface area contributed by atoms with Crippen LogP contribution >= 0.6 is 23.4 Å². The Balaban J connectivity index is 2.48. The van der Waals surface area contributed by atoms with Crippen molar-refractivity contribution in [2.45, 2.75) is 9.79 Å². The molecule has 0 aliphatic rings. The van der Waals surface area contributed by atoms with E-state index in [0.29, 0.717) is 27.1 Å². The minimum atomic E-state index is -3.83. The molecule has 2 aromatic rings. The summed E-state index contributed by atoms with van der Waals surface area (Å²) in [5, 5.41) is 0.348. The molecule has 0 saturated heterocycles. The normalized spacial score (nSPS) is 11.1. The zero-order valence-electron chi connectivity index (χ0n) is 12.8. The van der Waals surface area contributed by atoms with Gasteiger partial charge in [-0.3, -0.25) is 4.72 Å². The van der Waals surface area contributed by atoms with Crippen molar-refractivity contribution >= 4 is 39.1 Å². The van der Waals surface area contributed by atoms with Crippen LogP contribution in [0.2, 0.25) is 5.02 Å². The molecule has 124 valence electrons. The molecule has 0 radical (unpaired) electrons. The number of sulfonamides is 1. The topological polar surface area (TPSA) is 64.6 Å². The molecule has 0 unspecified atom stereocenters. The smallest absolute Gasteiger partial charge is 0.263 e. The van der Waals surface area contributed by atoms with E-state index in [9.17, 15) is 8.42 Å². The molecule has 0 aliphatic carbocycles. The van der Waals surface area contributed by atoms with E-state index in [-0.39, 0.29) is 4.90 Å². The van der Waals surface area contributed by atoms with Gasteiger partial charge in [0.05, 0.1) is 19.9 Å². The fourth-order valence-electron chi connectivity index (χ4n) is 1.95. The maximum Gasteiger partial charge on any atom is 0.263 e. The van der Waals surface area contributed by atoms with Gasteiger partial charge in [0.1, 0.15) is 16.4 Å². The lowest BCUT2D eigenvalue weighted by Gasteiger charge is -2.15. The third kappa shape index (κ3) is 4.04. The molecule has 2 aromatic carbocycles. The SMILES string of the molecule is COc1ccc(OC)c(NS(=O)(=O)c2cc(Cl)ccc2SC)c1. The van der Waals surface area contributed by atoms with Crippen molar-refractivity contribution in [1.29, 1.82) is 0 Å². The zero-order chi connectivity index (χ0) is 17.0. The highest BCUT2D eigenvalue weighted by atomic mass is 35.5. The fourth-order valence-corrected chi connectivity index (χ4v) is 4.41. The first-order valence-electron chi connectivity index (χ1n) is 6.49. The van der Waals surface area contributed by atoms with Crippen molar-refractivity contribution < 1.29 is 17.9 Å². The third-order valence-corrected chi connectivity index (χ3v) is 5.63. The van der Waals surface area contributed by atoms with Gasteiger partial charge in [0.25, 0.3) is 10.0 Å². The first-order valence-corrected chi connectivity index (χ1v) is 9.58. The van der Waals surface area contributed by atoms with Gasteiger partial charge in [-0.25, -0.2) is 8.42 Å². The van der Waals surface area contributed by atoms with E-state index in [1.54, 1.807) is 36.6 Å². The van der Waals surface area contributed by atoms with Gasteiger partial charge in [-0.2, -0.15) is 0 Å². The number of rotatable bonds is 6. The number of ether oxygens (including phenoxy) is 2. The Bertz CT molecular complexity index is 809. The summed E-state index contributed by atoms with van der Waals surface area (Å²) >= 11 is 7.27. The van der Waals surface area contributed by atoms with E-state index in [1.165, 1.54) is 32.0 Å². The molecule has 0 aromatic heterocycles. The Kier molecular flexibility index (Phi) is 5.67. The van der Waals surface area contributed by atoms with E-state index in [0.717, 1.165) is 0 Å². The van der Waals surface area contributed by atoms with E-state index >= 15 is 0 Å². The quantitative estimate of drug-likeness (QED) is 0.778. The Morgan fingerprint density at radius 1 is 1.09 bits per heavy atom. The molecule has 0 fully saturated rings. The van der Waals surface area contributed by atoms with Gasteiger partial charge >= 0.3 is 0 Å². The number of anilines is 1. The number of nitrogens with one attached hydrogen (secondary N) is 1. The van der Waals surface area contributed by atoms with Crippen LogP contribution in [0.5, 0.6) is 11.5 Å². The highest BCUT2D eigenvalue weighted by molar-refractivity contribution is 7.99. The van der Waals surface area contributed by atoms with E-state index < -0.39 is 10.0 Å². The first kappa shape index (κ1) is 17.8. The van der Waals surface area contributed by atoms with Crippen molar-refractivity contribution in [2.75, 3.05) is 25.2 Å². The molecule has 8 heteroatoms. The standard InChI is InChI=1S/C15H16ClNO4S2/c1-20-11-5-6-13(21-2)12(9-11)17-23(18,19)15-8-10(16)4-7-14(15)22-3/h4-9,17H,1-3H3. The Hall–Kier alpha value is -1.57. The van der Waals surface area contributed by atoms with Gasteiger partial charge in [-0.1, -0.05) is 11.6 Å². The lowest BCUT2D eigenvalue weighted by atomic mass is 10.3. The summed E-state index contributed by atoms with van der Waals surface area (Å²) in [7, 11) is -0.860. The summed E-state index contributed by atoms with van der Waals surface area (Å²) in [4.78, 5) is 0.714. The first-order chi connectivity index (χ1) is 10.9. The monoisotopic (exact) mass is 373 g/mol. The largest absolute Gasteiger partial charge is 0.497 e. The summed E-state index contributed by atoms with van der Waals surface area (Å²) in [5.41, 5.74) is 0.291. The van der Waals surface area contributed by atoms with Crippen LogP contribution in [0.4, 0.5) is 5.69 Å². The third-order valence-electron chi connectivity index (χ3n) is 3.07. The molecular formula is C15H16ClNO4S2. The van der Waals surface area contributed by atoms with Crippen LogP contribution in [0.3, 0.4) is 0 Å². The zero-order valence-corrected chi connectivity index (χ0v) is 15.2. The molecule has 23 heavy (non-hydrogen) atoms. The van der Waals surface area contributed by atoms with Gasteiger partial charge in [-0.15, -0.1) is 11.8 Å². The molecule has 0 spiro atoms. The highest BCUT2D eigenvalue weighted by Crippen LogP contribution is 2.33. The predicted molar refractivity (Wildman–Crippen MR) is 93.6 cm³/mol. The number of thioether (sulfide) groups is 1. The van der Waals surface area contributed by atoms with Crippen LogP contribution in [-0.2, 0) is 10.0 Å². The molecule has 0 saturated carbocycles. The molecule has 0 amide bonds. The average molecular weight is 374 g/mol. The summed E-state index contributed by atoms with van der Waals surface area (Å²) in [6.07, 6.45) is 1.80. The van der Waals surface area contributed by atoms with Crippen molar-refractivity contribution in [3.8, 4) is 11.5 Å². The Morgan fingerprint density at radius 2 is 1.83 bits per heavy atom. The number of hydrogen-bond acceptors (Lipinski definition) is 5. The second kappa shape index (κ2) is 7.33. The predicted octanol–water partition coefficient (Wildman–Crippen LogP) is 3.88. The molecule has 1 N–H and O–H groups in total. The van der Waals surface area contributed by atoms with Crippen LogP contribution in [0.25, 0.3) is 0 Å². The van der Waals surface area contributed by atoms with Gasteiger partial charge in [0.2, 0.25) is 0 Å². The molecule has 0 heterocycles. The molecule has 5 nitrogen and oxygen atoms in total. The van der Waals surface area contributed by atoms with E-state index in [1.807, 2.05) is 0 Å². The van der Waals surface area contributed by atoms with Crippen molar-refractivity contribution in [2.24, 2.45) is 0 Å². The molecule has 0 bridgehead atoms. The molecule has 0 aliphatic heterocycles. The van der Waals surface area contributed by atoms with Gasteiger partial charge in [0, 0.05) is 16.0 Å². The summed E-state index contributed by atoms with van der Waals surface area (Å²) < 4.78 is 38.3. The lowest BCUT2D eigenvalue weighted by molar-refractivity contribution is 0.405. The second-order valence-electron chi connectivity index (χ2n) is 4.47. The van der Waals surface area contributed by atoms with Crippen molar-refractivity contribution in [3.63, 3.8) is 0 Å². The van der Waals surface area contributed by atoms with E-state index in [4.69, 9.17) is 21.1 Å². The van der Waals surface area contributed by atoms with Crippen LogP contribution in [0, 0.1) is 0 Å². The number of halogens is 1. The maximum absolute atomic E-state index is 12.7. The van der Waals surface area contributed by atoms with Crippen LogP contribution in [0.15, 0.2) is 46.2 Å². The maximum atomic E-state index is 12.7. The summed E-state index contributed by atoms with van der Waals surface area (Å²) in [6, 6.07) is 9.61. The van der Waals surface area contributed by atoms with Crippen molar-refractivity contribution in [1.82, 2.24) is 0 Å². The minimum absolute atomic E-state index is 0.113.